The van der Waals surface area contributed by atoms with E-state index in [9.17, 15) is 18.4 Å². The van der Waals surface area contributed by atoms with Crippen LogP contribution in [0, 0.1) is 11.6 Å². The standard InChI is InChI=1S/C21H22F2N6O2/c22-16-7-6-13(8-17(16)23)25-21(31)28-10-12(11-28)18-26-19-15(20(30)27-18)9-24-29(19)14-4-2-1-3-5-14/h6-9,12,14H,1-5,10-11H2,(H,25,31)(H,26,27,30). The molecule has 1 aromatic carbocycles. The SMILES string of the molecule is O=C(Nc1ccc(F)c(F)c1)N1CC(c2nc3c(cnn3C3CCCCC3)c(=O)[nH]2)C1. The van der Waals surface area contributed by atoms with Gasteiger partial charge in [-0.05, 0) is 25.0 Å². The molecule has 0 radical (unpaired) electrons. The second-order valence-corrected chi connectivity index (χ2v) is 8.23. The second-order valence-electron chi connectivity index (χ2n) is 8.23. The maximum absolute atomic E-state index is 13.3. The Labute approximate surface area is 176 Å². The van der Waals surface area contributed by atoms with Gasteiger partial charge in [0.2, 0.25) is 0 Å². The van der Waals surface area contributed by atoms with Gasteiger partial charge in [-0.25, -0.2) is 23.2 Å². The van der Waals surface area contributed by atoms with E-state index in [1.807, 2.05) is 4.68 Å². The number of fused-ring (bicyclic) bond motifs is 1. The molecule has 2 fully saturated rings. The lowest BCUT2D eigenvalue weighted by Gasteiger charge is -2.38. The average molecular weight is 428 g/mol. The van der Waals surface area contributed by atoms with Crippen LogP contribution in [0.5, 0.6) is 0 Å². The number of anilines is 1. The van der Waals surface area contributed by atoms with Crippen LogP contribution < -0.4 is 10.9 Å². The first-order valence-corrected chi connectivity index (χ1v) is 10.5. The number of aromatic amines is 1. The highest BCUT2D eigenvalue weighted by Gasteiger charge is 2.34. The number of benzene rings is 1. The second kappa shape index (κ2) is 7.75. The van der Waals surface area contributed by atoms with Crippen molar-refractivity contribution in [1.29, 1.82) is 0 Å². The first-order chi connectivity index (χ1) is 15.0. The first-order valence-electron chi connectivity index (χ1n) is 10.5. The number of rotatable bonds is 3. The van der Waals surface area contributed by atoms with Crippen molar-refractivity contribution in [3.8, 4) is 0 Å². The monoisotopic (exact) mass is 428 g/mol. The van der Waals surface area contributed by atoms with Gasteiger partial charge in [0.25, 0.3) is 5.56 Å². The number of H-pyrrole nitrogens is 1. The number of hydrogen-bond donors (Lipinski definition) is 2. The smallest absolute Gasteiger partial charge is 0.321 e. The highest BCUT2D eigenvalue weighted by molar-refractivity contribution is 5.90. The topological polar surface area (TPSA) is 95.9 Å². The number of halogens is 2. The molecule has 31 heavy (non-hydrogen) atoms. The Hall–Kier alpha value is -3.30. The molecule has 2 amide bonds. The van der Waals surface area contributed by atoms with Crippen LogP contribution in [0.15, 0.2) is 29.2 Å². The van der Waals surface area contributed by atoms with Gasteiger partial charge in [0, 0.05) is 24.8 Å². The molecule has 3 heterocycles. The summed E-state index contributed by atoms with van der Waals surface area (Å²) >= 11 is 0. The molecule has 1 aliphatic carbocycles. The van der Waals surface area contributed by atoms with E-state index in [0.29, 0.717) is 29.9 Å². The van der Waals surface area contributed by atoms with Crippen molar-refractivity contribution in [3.63, 3.8) is 0 Å². The predicted molar refractivity (Wildman–Crippen MR) is 110 cm³/mol. The molecule has 162 valence electrons. The van der Waals surface area contributed by atoms with Crippen molar-refractivity contribution < 1.29 is 13.6 Å². The number of hydrogen-bond acceptors (Lipinski definition) is 4. The van der Waals surface area contributed by atoms with E-state index in [4.69, 9.17) is 0 Å². The Morgan fingerprint density at radius 2 is 1.90 bits per heavy atom. The van der Waals surface area contributed by atoms with Crippen LogP contribution in [0.25, 0.3) is 11.0 Å². The molecule has 0 atom stereocenters. The summed E-state index contributed by atoms with van der Waals surface area (Å²) in [5.74, 6) is -1.57. The van der Waals surface area contributed by atoms with Crippen molar-refractivity contribution >= 4 is 22.8 Å². The number of nitrogens with zero attached hydrogens (tertiary/aromatic N) is 4. The summed E-state index contributed by atoms with van der Waals surface area (Å²) in [6, 6.07) is 3.03. The van der Waals surface area contributed by atoms with Crippen molar-refractivity contribution in [2.45, 2.75) is 44.1 Å². The maximum atomic E-state index is 13.3. The summed E-state index contributed by atoms with van der Waals surface area (Å²) in [5.41, 5.74) is 0.541. The van der Waals surface area contributed by atoms with Crippen LogP contribution in [0.3, 0.4) is 0 Å². The molecule has 1 saturated carbocycles. The molecule has 10 heteroatoms. The number of nitrogens with one attached hydrogen (secondary N) is 2. The molecule has 1 aliphatic heterocycles. The predicted octanol–water partition coefficient (Wildman–Crippen LogP) is 3.53. The minimum absolute atomic E-state index is 0.109. The lowest BCUT2D eigenvalue weighted by Crippen LogP contribution is -2.51. The normalized spacial score (nSPS) is 17.7. The molecule has 2 aliphatic rings. The number of urea groups is 1. The summed E-state index contributed by atoms with van der Waals surface area (Å²) in [6.07, 6.45) is 7.14. The molecule has 3 aromatic rings. The van der Waals surface area contributed by atoms with Crippen LogP contribution in [-0.2, 0) is 0 Å². The Bertz CT molecular complexity index is 1190. The van der Waals surface area contributed by atoms with E-state index in [2.05, 4.69) is 20.4 Å². The van der Waals surface area contributed by atoms with E-state index in [1.165, 1.54) is 17.4 Å². The molecule has 8 nitrogen and oxygen atoms in total. The number of likely N-dealkylation sites (tertiary alicyclic amines) is 1. The third-order valence-electron chi connectivity index (χ3n) is 6.13. The lowest BCUT2D eigenvalue weighted by molar-refractivity contribution is 0.161. The molecular formula is C21H22F2N6O2. The van der Waals surface area contributed by atoms with Crippen LogP contribution >= 0.6 is 0 Å². The third kappa shape index (κ3) is 3.66. The Balaban J connectivity index is 1.30. The van der Waals surface area contributed by atoms with Crippen molar-refractivity contribution in [2.75, 3.05) is 18.4 Å². The average Bonchev–Trinajstić information content (AvgIpc) is 3.15. The van der Waals surface area contributed by atoms with Gasteiger partial charge in [0.15, 0.2) is 17.3 Å². The van der Waals surface area contributed by atoms with Crippen molar-refractivity contribution in [2.24, 2.45) is 0 Å². The van der Waals surface area contributed by atoms with E-state index in [1.54, 1.807) is 6.20 Å². The molecule has 0 bridgehead atoms. The summed E-state index contributed by atoms with van der Waals surface area (Å²) in [4.78, 5) is 33.9. The van der Waals surface area contributed by atoms with Gasteiger partial charge in [-0.3, -0.25) is 4.79 Å². The van der Waals surface area contributed by atoms with Crippen LogP contribution in [-0.4, -0.2) is 43.8 Å². The fourth-order valence-electron chi connectivity index (χ4n) is 4.33. The molecule has 1 saturated heterocycles. The van der Waals surface area contributed by atoms with Gasteiger partial charge in [-0.2, -0.15) is 5.10 Å². The Morgan fingerprint density at radius 3 is 2.65 bits per heavy atom. The minimum atomic E-state index is -1.02. The van der Waals surface area contributed by atoms with Gasteiger partial charge in [0.05, 0.1) is 18.2 Å². The Morgan fingerprint density at radius 1 is 1.13 bits per heavy atom. The quantitative estimate of drug-likeness (QED) is 0.667. The number of aromatic nitrogens is 4. The lowest BCUT2D eigenvalue weighted by atomic mass is 9.96. The van der Waals surface area contributed by atoms with Gasteiger partial charge < -0.3 is 15.2 Å². The van der Waals surface area contributed by atoms with Crippen LogP contribution in [0.2, 0.25) is 0 Å². The third-order valence-corrected chi connectivity index (χ3v) is 6.13. The number of amides is 2. The van der Waals surface area contributed by atoms with Gasteiger partial charge in [-0.15, -0.1) is 0 Å². The van der Waals surface area contributed by atoms with E-state index < -0.39 is 17.7 Å². The maximum Gasteiger partial charge on any atom is 0.321 e. The zero-order valence-corrected chi connectivity index (χ0v) is 16.8. The molecule has 2 N–H and O–H groups in total. The molecule has 5 rings (SSSR count). The van der Waals surface area contributed by atoms with E-state index in [0.717, 1.165) is 37.8 Å². The van der Waals surface area contributed by atoms with Crippen LogP contribution in [0.4, 0.5) is 19.3 Å². The zero-order valence-electron chi connectivity index (χ0n) is 16.8. The van der Waals surface area contributed by atoms with Gasteiger partial charge >= 0.3 is 6.03 Å². The van der Waals surface area contributed by atoms with E-state index >= 15 is 0 Å². The molecule has 0 spiro atoms. The Kier molecular flexibility index (Phi) is 4.91. The summed E-state index contributed by atoms with van der Waals surface area (Å²) < 4.78 is 28.2. The zero-order chi connectivity index (χ0) is 21.5. The van der Waals surface area contributed by atoms with Gasteiger partial charge in [0.1, 0.15) is 11.2 Å². The summed E-state index contributed by atoms with van der Waals surface area (Å²) in [6.45, 7) is 0.725. The fraction of sp³-hybridized carbons (Fsp3) is 0.429. The van der Waals surface area contributed by atoms with Crippen molar-refractivity contribution in [1.82, 2.24) is 24.6 Å². The fourth-order valence-corrected chi connectivity index (χ4v) is 4.33. The molecular weight excluding hydrogens is 406 g/mol. The highest BCUT2D eigenvalue weighted by atomic mass is 19.2. The van der Waals surface area contributed by atoms with E-state index in [-0.39, 0.29) is 23.2 Å². The summed E-state index contributed by atoms with van der Waals surface area (Å²) in [5, 5.41) is 7.45. The van der Waals surface area contributed by atoms with Crippen LogP contribution in [0.1, 0.15) is 49.9 Å². The number of carbonyl (C=O) groups excluding carboxylic acids is 1. The first kappa shape index (κ1) is 19.7. The molecule has 2 aromatic heterocycles. The minimum Gasteiger partial charge on any atom is -0.323 e. The van der Waals surface area contributed by atoms with Gasteiger partial charge in [-0.1, -0.05) is 19.3 Å². The summed E-state index contributed by atoms with van der Waals surface area (Å²) in [7, 11) is 0. The highest BCUT2D eigenvalue weighted by Crippen LogP contribution is 2.30. The van der Waals surface area contributed by atoms with Crippen molar-refractivity contribution in [3.05, 3.63) is 52.2 Å². The molecule has 0 unspecified atom stereocenters. The largest absolute Gasteiger partial charge is 0.323 e. The number of carbonyl (C=O) groups is 1.